The lowest BCUT2D eigenvalue weighted by Gasteiger charge is -2.06. The number of hydrogen-bond donors (Lipinski definition) is 3. The minimum absolute atomic E-state index is 0.153. The van der Waals surface area contributed by atoms with Crippen LogP contribution in [0.4, 0.5) is 5.82 Å². The van der Waals surface area contributed by atoms with Crippen LogP contribution >= 0.6 is 0 Å². The first-order valence-corrected chi connectivity index (χ1v) is 5.11. The summed E-state index contributed by atoms with van der Waals surface area (Å²) in [6.07, 6.45) is 0.961. The molecule has 0 spiro atoms. The van der Waals surface area contributed by atoms with E-state index in [4.69, 9.17) is 5.73 Å². The summed E-state index contributed by atoms with van der Waals surface area (Å²) in [5.74, 6) is 0.682. The van der Waals surface area contributed by atoms with E-state index in [1.807, 2.05) is 0 Å². The van der Waals surface area contributed by atoms with Gasteiger partial charge in [-0.3, -0.25) is 9.89 Å². The van der Waals surface area contributed by atoms with Crippen molar-refractivity contribution in [2.45, 2.75) is 27.2 Å². The Balaban J connectivity index is 2.54. The number of carbonyl (C=O) groups is 1. The van der Waals surface area contributed by atoms with E-state index in [0.717, 1.165) is 6.42 Å². The highest BCUT2D eigenvalue weighted by Crippen LogP contribution is 2.11. The average molecular weight is 210 g/mol. The number of carbonyl (C=O) groups excluding carboxylic acids is 1. The van der Waals surface area contributed by atoms with Gasteiger partial charge >= 0.3 is 0 Å². The van der Waals surface area contributed by atoms with Crippen LogP contribution in [0.3, 0.4) is 0 Å². The van der Waals surface area contributed by atoms with Gasteiger partial charge in [-0.15, -0.1) is 0 Å². The molecule has 0 aliphatic rings. The molecule has 1 amide bonds. The van der Waals surface area contributed by atoms with Crippen molar-refractivity contribution in [2.75, 3.05) is 12.3 Å². The van der Waals surface area contributed by atoms with Crippen LogP contribution in [0.2, 0.25) is 0 Å². The minimum atomic E-state index is -0.153. The summed E-state index contributed by atoms with van der Waals surface area (Å²) in [4.78, 5) is 11.7. The summed E-state index contributed by atoms with van der Waals surface area (Å²) < 4.78 is 0. The molecule has 4 N–H and O–H groups in total. The first-order chi connectivity index (χ1) is 7.02. The van der Waals surface area contributed by atoms with Crippen LogP contribution < -0.4 is 11.1 Å². The van der Waals surface area contributed by atoms with Gasteiger partial charge in [0.1, 0.15) is 5.56 Å². The Kier molecular flexibility index (Phi) is 3.71. The van der Waals surface area contributed by atoms with E-state index in [1.54, 1.807) is 6.92 Å². The molecule has 5 nitrogen and oxygen atoms in total. The Hall–Kier alpha value is -1.52. The number of H-pyrrole nitrogens is 1. The SMILES string of the molecule is Cc1[nH]nc(N)c1C(=O)NCCC(C)C. The molecular weight excluding hydrogens is 192 g/mol. The van der Waals surface area contributed by atoms with Crippen LogP contribution in [0.1, 0.15) is 36.3 Å². The summed E-state index contributed by atoms with van der Waals surface area (Å²) in [7, 11) is 0. The van der Waals surface area contributed by atoms with Crippen molar-refractivity contribution in [2.24, 2.45) is 5.92 Å². The molecule has 0 saturated carbocycles. The second-order valence-corrected chi connectivity index (χ2v) is 4.05. The fourth-order valence-electron chi connectivity index (χ4n) is 1.30. The molecule has 0 bridgehead atoms. The lowest BCUT2D eigenvalue weighted by atomic mass is 10.1. The van der Waals surface area contributed by atoms with Crippen LogP contribution in [-0.4, -0.2) is 22.6 Å². The van der Waals surface area contributed by atoms with Crippen LogP contribution in [0, 0.1) is 12.8 Å². The maximum absolute atomic E-state index is 11.7. The molecule has 84 valence electrons. The zero-order chi connectivity index (χ0) is 11.4. The van der Waals surface area contributed by atoms with E-state index in [9.17, 15) is 4.79 Å². The quantitative estimate of drug-likeness (QED) is 0.695. The van der Waals surface area contributed by atoms with Crippen molar-refractivity contribution in [3.8, 4) is 0 Å². The van der Waals surface area contributed by atoms with Gasteiger partial charge in [0.15, 0.2) is 5.82 Å². The normalized spacial score (nSPS) is 10.7. The standard InChI is InChI=1S/C10H18N4O/c1-6(2)4-5-12-10(15)8-7(3)13-14-9(8)11/h6H,4-5H2,1-3H3,(H,12,15)(H3,11,13,14). The molecule has 1 rings (SSSR count). The van der Waals surface area contributed by atoms with Crippen LogP contribution in [0.25, 0.3) is 0 Å². The molecule has 15 heavy (non-hydrogen) atoms. The van der Waals surface area contributed by atoms with Gasteiger partial charge in [-0.2, -0.15) is 5.10 Å². The number of rotatable bonds is 4. The summed E-state index contributed by atoms with van der Waals surface area (Å²) in [5.41, 5.74) is 6.73. The van der Waals surface area contributed by atoms with E-state index < -0.39 is 0 Å². The second-order valence-electron chi connectivity index (χ2n) is 4.05. The van der Waals surface area contributed by atoms with Crippen molar-refractivity contribution >= 4 is 11.7 Å². The zero-order valence-electron chi connectivity index (χ0n) is 9.42. The number of aromatic amines is 1. The maximum Gasteiger partial charge on any atom is 0.256 e. The highest BCUT2D eigenvalue weighted by atomic mass is 16.1. The molecule has 0 aromatic carbocycles. The fraction of sp³-hybridized carbons (Fsp3) is 0.600. The fourth-order valence-corrected chi connectivity index (χ4v) is 1.30. The summed E-state index contributed by atoms with van der Waals surface area (Å²) in [5, 5.41) is 9.27. The third-order valence-electron chi connectivity index (χ3n) is 2.21. The number of nitrogens with one attached hydrogen (secondary N) is 2. The van der Waals surface area contributed by atoms with E-state index in [0.29, 0.717) is 23.7 Å². The minimum Gasteiger partial charge on any atom is -0.382 e. The monoisotopic (exact) mass is 210 g/mol. The molecule has 0 aliphatic heterocycles. The van der Waals surface area contributed by atoms with Crippen molar-refractivity contribution in [3.63, 3.8) is 0 Å². The largest absolute Gasteiger partial charge is 0.382 e. The first-order valence-electron chi connectivity index (χ1n) is 5.11. The maximum atomic E-state index is 11.7. The number of anilines is 1. The Morgan fingerprint density at radius 3 is 2.73 bits per heavy atom. The van der Waals surface area contributed by atoms with Crippen LogP contribution in [0.15, 0.2) is 0 Å². The molecule has 0 radical (unpaired) electrons. The highest BCUT2D eigenvalue weighted by Gasteiger charge is 2.15. The van der Waals surface area contributed by atoms with E-state index >= 15 is 0 Å². The van der Waals surface area contributed by atoms with Gasteiger partial charge in [-0.1, -0.05) is 13.8 Å². The Bertz CT molecular complexity index is 324. The van der Waals surface area contributed by atoms with Gasteiger partial charge in [-0.25, -0.2) is 0 Å². The van der Waals surface area contributed by atoms with Crippen molar-refractivity contribution < 1.29 is 4.79 Å². The molecule has 0 atom stereocenters. The highest BCUT2D eigenvalue weighted by molar-refractivity contribution is 5.99. The lowest BCUT2D eigenvalue weighted by Crippen LogP contribution is -2.26. The topological polar surface area (TPSA) is 83.8 Å². The van der Waals surface area contributed by atoms with E-state index in [-0.39, 0.29) is 11.7 Å². The molecule has 1 aromatic heterocycles. The number of nitrogens with two attached hydrogens (primary N) is 1. The molecule has 5 heteroatoms. The molecule has 1 aromatic rings. The summed E-state index contributed by atoms with van der Waals surface area (Å²) >= 11 is 0. The molecule has 0 fully saturated rings. The predicted octanol–water partition coefficient (Wildman–Crippen LogP) is 1.08. The van der Waals surface area contributed by atoms with Crippen molar-refractivity contribution in [3.05, 3.63) is 11.3 Å². The van der Waals surface area contributed by atoms with Gasteiger partial charge in [0.05, 0.1) is 0 Å². The number of nitrogen functional groups attached to an aromatic ring is 1. The van der Waals surface area contributed by atoms with Gasteiger partial charge in [-0.05, 0) is 19.3 Å². The second kappa shape index (κ2) is 4.82. The van der Waals surface area contributed by atoms with Gasteiger partial charge in [0.2, 0.25) is 0 Å². The lowest BCUT2D eigenvalue weighted by molar-refractivity contribution is 0.0952. The van der Waals surface area contributed by atoms with Crippen LogP contribution in [-0.2, 0) is 0 Å². The average Bonchev–Trinajstić information content (AvgIpc) is 2.45. The summed E-state index contributed by atoms with van der Waals surface area (Å²) in [6.45, 7) is 6.68. The Labute approximate surface area is 89.4 Å². The number of amides is 1. The zero-order valence-corrected chi connectivity index (χ0v) is 9.42. The molecule has 0 saturated heterocycles. The van der Waals surface area contributed by atoms with Gasteiger partial charge in [0.25, 0.3) is 5.91 Å². The van der Waals surface area contributed by atoms with Crippen molar-refractivity contribution in [1.82, 2.24) is 15.5 Å². The molecule has 1 heterocycles. The van der Waals surface area contributed by atoms with E-state index in [2.05, 4.69) is 29.4 Å². The Morgan fingerprint density at radius 1 is 1.60 bits per heavy atom. The molecule has 0 unspecified atom stereocenters. The third-order valence-corrected chi connectivity index (χ3v) is 2.21. The number of hydrogen-bond acceptors (Lipinski definition) is 3. The van der Waals surface area contributed by atoms with E-state index in [1.165, 1.54) is 0 Å². The third kappa shape index (κ3) is 2.97. The number of nitrogens with zero attached hydrogens (tertiary/aromatic N) is 1. The Morgan fingerprint density at radius 2 is 2.27 bits per heavy atom. The number of aromatic nitrogens is 2. The number of aryl methyl sites for hydroxylation is 1. The smallest absolute Gasteiger partial charge is 0.256 e. The van der Waals surface area contributed by atoms with Gasteiger partial charge < -0.3 is 11.1 Å². The van der Waals surface area contributed by atoms with Crippen molar-refractivity contribution in [1.29, 1.82) is 0 Å². The van der Waals surface area contributed by atoms with Crippen LogP contribution in [0.5, 0.6) is 0 Å². The predicted molar refractivity (Wildman–Crippen MR) is 59.5 cm³/mol. The summed E-state index contributed by atoms with van der Waals surface area (Å²) in [6, 6.07) is 0. The molecule has 0 aliphatic carbocycles. The first kappa shape index (κ1) is 11.6. The van der Waals surface area contributed by atoms with Gasteiger partial charge in [0, 0.05) is 12.2 Å². The molecular formula is C10H18N4O.